The highest BCUT2D eigenvalue weighted by atomic mass is 127. The number of carboxylic acid groups (broad SMARTS) is 1. The number of halogens is 1. The molecule has 1 heterocycles. The molecule has 0 radical (unpaired) electrons. The molecule has 1 aliphatic rings. The number of amides is 1. The van der Waals surface area contributed by atoms with E-state index in [0.29, 0.717) is 32.5 Å². The van der Waals surface area contributed by atoms with Gasteiger partial charge >= 0.3 is 5.97 Å². The summed E-state index contributed by atoms with van der Waals surface area (Å²) in [5.74, 6) is -0.802. The maximum absolute atomic E-state index is 12.1. The predicted octanol–water partition coefficient (Wildman–Crippen LogP) is 2.42. The molecular formula is C15H19IN2O3. The molecule has 2 N–H and O–H groups in total. The third kappa shape index (κ3) is 4.16. The van der Waals surface area contributed by atoms with E-state index in [1.54, 1.807) is 6.92 Å². The molecule has 0 spiro atoms. The number of hydrogen-bond donors (Lipinski definition) is 2. The zero-order valence-corrected chi connectivity index (χ0v) is 14.1. The molecule has 0 atom stereocenters. The quantitative estimate of drug-likeness (QED) is 0.760. The number of piperidine rings is 1. The van der Waals surface area contributed by atoms with Crippen LogP contribution in [0.2, 0.25) is 0 Å². The van der Waals surface area contributed by atoms with Crippen LogP contribution in [0.3, 0.4) is 0 Å². The van der Waals surface area contributed by atoms with Crippen LogP contribution in [0.4, 0.5) is 5.69 Å². The summed E-state index contributed by atoms with van der Waals surface area (Å²) >= 11 is 2.18. The minimum absolute atomic E-state index is 0.0574. The Morgan fingerprint density at radius 2 is 1.95 bits per heavy atom. The number of aliphatic carboxylic acids is 1. The summed E-state index contributed by atoms with van der Waals surface area (Å²) in [5.41, 5.74) is 0.164. The first-order valence-electron chi connectivity index (χ1n) is 6.91. The van der Waals surface area contributed by atoms with Crippen molar-refractivity contribution in [3.8, 4) is 0 Å². The number of carbonyl (C=O) groups is 2. The number of rotatable bonds is 4. The minimum Gasteiger partial charge on any atom is -0.481 e. The first-order valence-corrected chi connectivity index (χ1v) is 7.99. The molecule has 1 fully saturated rings. The maximum atomic E-state index is 12.1. The molecule has 0 saturated carbocycles. The fourth-order valence-corrected chi connectivity index (χ4v) is 2.90. The highest BCUT2D eigenvalue weighted by molar-refractivity contribution is 14.1. The SMILES string of the molecule is CC1(C(=O)O)CCN(CC(=O)Nc2ccccc2I)CC1. The van der Waals surface area contributed by atoms with Crippen molar-refractivity contribution in [2.75, 3.05) is 25.0 Å². The van der Waals surface area contributed by atoms with E-state index in [-0.39, 0.29) is 5.91 Å². The van der Waals surface area contributed by atoms with Gasteiger partial charge in [-0.2, -0.15) is 0 Å². The predicted molar refractivity (Wildman–Crippen MR) is 89.2 cm³/mol. The van der Waals surface area contributed by atoms with Crippen LogP contribution in [-0.4, -0.2) is 41.5 Å². The summed E-state index contributed by atoms with van der Waals surface area (Å²) in [7, 11) is 0. The second-order valence-corrected chi connectivity index (χ2v) is 6.83. The standard InChI is InChI=1S/C15H19IN2O3/c1-15(14(20)21)6-8-18(9-7-15)10-13(19)17-12-5-3-2-4-11(12)16/h2-5H,6-10H2,1H3,(H,17,19)(H,20,21). The van der Waals surface area contributed by atoms with E-state index in [4.69, 9.17) is 0 Å². The third-order valence-corrected chi connectivity index (χ3v) is 4.93. The molecule has 6 heteroatoms. The number of carbonyl (C=O) groups excluding carboxylic acids is 1. The number of nitrogens with zero attached hydrogens (tertiary/aromatic N) is 1. The van der Waals surface area contributed by atoms with Crippen LogP contribution in [0.5, 0.6) is 0 Å². The molecule has 0 bridgehead atoms. The van der Waals surface area contributed by atoms with Crippen molar-refractivity contribution in [2.45, 2.75) is 19.8 Å². The van der Waals surface area contributed by atoms with Crippen molar-refractivity contribution in [3.05, 3.63) is 27.8 Å². The van der Waals surface area contributed by atoms with Crippen LogP contribution in [-0.2, 0) is 9.59 Å². The van der Waals surface area contributed by atoms with Gasteiger partial charge in [0.2, 0.25) is 5.91 Å². The summed E-state index contributed by atoms with van der Waals surface area (Å²) in [6.07, 6.45) is 1.16. The number of benzene rings is 1. The van der Waals surface area contributed by atoms with E-state index in [1.807, 2.05) is 29.2 Å². The van der Waals surface area contributed by atoms with E-state index < -0.39 is 11.4 Å². The largest absolute Gasteiger partial charge is 0.481 e. The smallest absolute Gasteiger partial charge is 0.309 e. The van der Waals surface area contributed by atoms with Gasteiger partial charge in [-0.1, -0.05) is 12.1 Å². The Morgan fingerprint density at radius 3 is 2.52 bits per heavy atom. The number of para-hydroxylation sites is 1. The molecule has 1 aliphatic heterocycles. The normalized spacial score (nSPS) is 18.2. The van der Waals surface area contributed by atoms with Gasteiger partial charge in [-0.3, -0.25) is 14.5 Å². The summed E-state index contributed by atoms with van der Waals surface area (Å²) in [6, 6.07) is 7.62. The number of nitrogens with one attached hydrogen (secondary N) is 1. The lowest BCUT2D eigenvalue weighted by Gasteiger charge is -2.36. The lowest BCUT2D eigenvalue weighted by atomic mass is 9.80. The number of likely N-dealkylation sites (tertiary alicyclic amines) is 1. The monoisotopic (exact) mass is 402 g/mol. The van der Waals surface area contributed by atoms with Crippen molar-refractivity contribution in [1.82, 2.24) is 4.90 Å². The lowest BCUT2D eigenvalue weighted by molar-refractivity contribution is -0.150. The second-order valence-electron chi connectivity index (χ2n) is 5.67. The molecule has 0 aliphatic carbocycles. The van der Waals surface area contributed by atoms with Crippen LogP contribution in [0, 0.1) is 8.99 Å². The highest BCUT2D eigenvalue weighted by Gasteiger charge is 2.37. The van der Waals surface area contributed by atoms with Gasteiger partial charge < -0.3 is 10.4 Å². The Hall–Kier alpha value is -1.15. The molecule has 1 aromatic rings. The fourth-order valence-electron chi connectivity index (χ4n) is 2.37. The van der Waals surface area contributed by atoms with Crippen LogP contribution in [0.25, 0.3) is 0 Å². The summed E-state index contributed by atoms with van der Waals surface area (Å²) in [6.45, 7) is 3.37. The Balaban J connectivity index is 1.85. The minimum atomic E-state index is -0.745. The topological polar surface area (TPSA) is 69.6 Å². The highest BCUT2D eigenvalue weighted by Crippen LogP contribution is 2.30. The molecule has 1 amide bonds. The van der Waals surface area contributed by atoms with Gasteiger partial charge in [0.25, 0.3) is 0 Å². The molecule has 0 unspecified atom stereocenters. The van der Waals surface area contributed by atoms with Crippen molar-refractivity contribution in [2.24, 2.45) is 5.41 Å². The Morgan fingerprint density at radius 1 is 1.33 bits per heavy atom. The van der Waals surface area contributed by atoms with Crippen LogP contribution >= 0.6 is 22.6 Å². The molecule has 0 aromatic heterocycles. The Kier molecular flexibility index (Phi) is 5.21. The van der Waals surface area contributed by atoms with E-state index in [9.17, 15) is 14.7 Å². The van der Waals surface area contributed by atoms with E-state index in [1.165, 1.54) is 0 Å². The van der Waals surface area contributed by atoms with Gasteiger partial charge in [0, 0.05) is 3.57 Å². The van der Waals surface area contributed by atoms with Gasteiger partial charge in [0.1, 0.15) is 0 Å². The zero-order chi connectivity index (χ0) is 15.5. The summed E-state index contributed by atoms with van der Waals surface area (Å²) in [4.78, 5) is 25.3. The molecule has 2 rings (SSSR count). The molecule has 21 heavy (non-hydrogen) atoms. The van der Waals surface area contributed by atoms with Crippen LogP contribution in [0.1, 0.15) is 19.8 Å². The Bertz CT molecular complexity index is 539. The van der Waals surface area contributed by atoms with Crippen LogP contribution < -0.4 is 5.32 Å². The van der Waals surface area contributed by atoms with Crippen molar-refractivity contribution in [3.63, 3.8) is 0 Å². The zero-order valence-electron chi connectivity index (χ0n) is 11.9. The number of anilines is 1. The number of carboxylic acids is 1. The average molecular weight is 402 g/mol. The van der Waals surface area contributed by atoms with E-state index >= 15 is 0 Å². The van der Waals surface area contributed by atoms with Crippen LogP contribution in [0.15, 0.2) is 24.3 Å². The summed E-state index contributed by atoms with van der Waals surface area (Å²) < 4.78 is 1.00. The van der Waals surface area contributed by atoms with Gasteiger partial charge in [0.15, 0.2) is 0 Å². The fraction of sp³-hybridized carbons (Fsp3) is 0.467. The van der Waals surface area contributed by atoms with Crippen molar-refractivity contribution >= 4 is 40.2 Å². The van der Waals surface area contributed by atoms with E-state index in [0.717, 1.165) is 9.26 Å². The van der Waals surface area contributed by atoms with E-state index in [2.05, 4.69) is 27.9 Å². The molecule has 1 saturated heterocycles. The molecule has 1 aromatic carbocycles. The average Bonchev–Trinajstić information content (AvgIpc) is 2.44. The maximum Gasteiger partial charge on any atom is 0.309 e. The molecule has 5 nitrogen and oxygen atoms in total. The lowest BCUT2D eigenvalue weighted by Crippen LogP contribution is -2.45. The van der Waals surface area contributed by atoms with Gasteiger partial charge in [-0.15, -0.1) is 0 Å². The van der Waals surface area contributed by atoms with Crippen molar-refractivity contribution in [1.29, 1.82) is 0 Å². The number of hydrogen-bond acceptors (Lipinski definition) is 3. The first kappa shape index (κ1) is 16.2. The molecular weight excluding hydrogens is 383 g/mol. The third-order valence-electron chi connectivity index (χ3n) is 3.99. The molecule has 114 valence electrons. The Labute approximate surface area is 137 Å². The van der Waals surface area contributed by atoms with Gasteiger partial charge in [-0.05, 0) is 67.6 Å². The van der Waals surface area contributed by atoms with Gasteiger partial charge in [-0.25, -0.2) is 0 Å². The van der Waals surface area contributed by atoms with Crippen molar-refractivity contribution < 1.29 is 14.7 Å². The first-order chi connectivity index (χ1) is 9.90. The second kappa shape index (κ2) is 6.74. The summed E-state index contributed by atoms with van der Waals surface area (Å²) in [5, 5.41) is 12.1. The van der Waals surface area contributed by atoms with Gasteiger partial charge in [0.05, 0.1) is 17.6 Å².